The molecule has 0 spiro atoms. The molecular formula is C9H13ClN2O3S. The molecular weight excluding hydrogens is 252 g/mol. The number of aromatic nitrogens is 2. The van der Waals surface area contributed by atoms with Crippen LogP contribution in [-0.4, -0.2) is 31.2 Å². The topological polar surface area (TPSA) is 61.2 Å². The van der Waals surface area contributed by atoms with Crippen molar-refractivity contribution in [3.63, 3.8) is 0 Å². The molecule has 0 aliphatic carbocycles. The van der Waals surface area contributed by atoms with E-state index in [1.807, 2.05) is 0 Å². The number of halogens is 1. The van der Waals surface area contributed by atoms with Crippen LogP contribution in [-0.2, 0) is 20.3 Å². The van der Waals surface area contributed by atoms with Crippen LogP contribution in [0.5, 0.6) is 0 Å². The summed E-state index contributed by atoms with van der Waals surface area (Å²) in [5.41, 5.74) is 0. The minimum absolute atomic E-state index is 0.0822. The van der Waals surface area contributed by atoms with Gasteiger partial charge < -0.3 is 9.30 Å². The third-order valence-corrected chi connectivity index (χ3v) is 3.85. The second-order valence-corrected chi connectivity index (χ2v) is 6.42. The van der Waals surface area contributed by atoms with Crippen molar-refractivity contribution < 1.29 is 13.2 Å². The van der Waals surface area contributed by atoms with E-state index in [2.05, 4.69) is 4.98 Å². The molecule has 16 heavy (non-hydrogen) atoms. The molecule has 0 unspecified atom stereocenters. The average molecular weight is 265 g/mol. The first-order valence-electron chi connectivity index (χ1n) is 5.10. The van der Waals surface area contributed by atoms with E-state index in [-0.39, 0.29) is 5.03 Å². The van der Waals surface area contributed by atoms with Gasteiger partial charge in [-0.05, 0) is 18.8 Å². The molecule has 0 amide bonds. The molecule has 0 radical (unpaired) electrons. The van der Waals surface area contributed by atoms with Gasteiger partial charge in [0.25, 0.3) is 9.05 Å². The van der Waals surface area contributed by atoms with Gasteiger partial charge in [-0.2, -0.15) is 0 Å². The van der Waals surface area contributed by atoms with E-state index in [1.54, 1.807) is 4.57 Å². The number of hydrogen-bond donors (Lipinski definition) is 0. The summed E-state index contributed by atoms with van der Waals surface area (Å²) < 4.78 is 29.0. The molecule has 90 valence electrons. The van der Waals surface area contributed by atoms with Crippen molar-refractivity contribution >= 4 is 19.7 Å². The summed E-state index contributed by atoms with van der Waals surface area (Å²) >= 11 is 0. The van der Waals surface area contributed by atoms with Crippen LogP contribution in [0.2, 0.25) is 0 Å². The van der Waals surface area contributed by atoms with Gasteiger partial charge in [-0.25, -0.2) is 13.4 Å². The van der Waals surface area contributed by atoms with Gasteiger partial charge in [0.05, 0.1) is 6.33 Å². The van der Waals surface area contributed by atoms with Crippen LogP contribution in [0.15, 0.2) is 17.6 Å². The van der Waals surface area contributed by atoms with Gasteiger partial charge in [0.2, 0.25) is 0 Å². The molecule has 0 saturated carbocycles. The summed E-state index contributed by atoms with van der Waals surface area (Å²) in [6.07, 6.45) is 4.98. The lowest BCUT2D eigenvalue weighted by Crippen LogP contribution is -2.19. The van der Waals surface area contributed by atoms with E-state index in [0.717, 1.165) is 32.6 Å². The van der Waals surface area contributed by atoms with Crippen LogP contribution < -0.4 is 0 Å². The Labute approximate surface area is 98.8 Å². The largest absolute Gasteiger partial charge is 0.381 e. The third-order valence-electron chi connectivity index (χ3n) is 2.67. The Morgan fingerprint density at radius 1 is 1.50 bits per heavy atom. The minimum Gasteiger partial charge on any atom is -0.381 e. The Morgan fingerprint density at radius 2 is 2.19 bits per heavy atom. The molecule has 0 aromatic carbocycles. The molecule has 1 aliphatic heterocycles. The Kier molecular flexibility index (Phi) is 3.51. The average Bonchev–Trinajstić information content (AvgIpc) is 2.67. The predicted molar refractivity (Wildman–Crippen MR) is 58.8 cm³/mol. The third kappa shape index (κ3) is 2.96. The van der Waals surface area contributed by atoms with Gasteiger partial charge in [0, 0.05) is 36.6 Å². The SMILES string of the molecule is O=S(=O)(Cl)c1cn(CC2CCOCC2)cn1. The van der Waals surface area contributed by atoms with E-state index >= 15 is 0 Å². The Balaban J connectivity index is 2.02. The van der Waals surface area contributed by atoms with Crippen molar-refractivity contribution in [3.05, 3.63) is 12.5 Å². The van der Waals surface area contributed by atoms with Crippen LogP contribution >= 0.6 is 10.7 Å². The predicted octanol–water partition coefficient (Wildman–Crippen LogP) is 1.24. The fourth-order valence-electron chi connectivity index (χ4n) is 1.79. The monoisotopic (exact) mass is 264 g/mol. The van der Waals surface area contributed by atoms with Crippen molar-refractivity contribution in [1.82, 2.24) is 9.55 Å². The summed E-state index contributed by atoms with van der Waals surface area (Å²) in [6.45, 7) is 2.32. The highest BCUT2D eigenvalue weighted by Crippen LogP contribution is 2.18. The summed E-state index contributed by atoms with van der Waals surface area (Å²) in [7, 11) is 1.48. The maximum absolute atomic E-state index is 11.0. The summed E-state index contributed by atoms with van der Waals surface area (Å²) in [5, 5.41) is -0.0822. The summed E-state index contributed by atoms with van der Waals surface area (Å²) in [4.78, 5) is 3.76. The zero-order chi connectivity index (χ0) is 11.6. The van der Waals surface area contributed by atoms with Gasteiger partial charge in [0.1, 0.15) is 0 Å². The Hall–Kier alpha value is -0.590. The van der Waals surface area contributed by atoms with Crippen LogP contribution in [0.4, 0.5) is 0 Å². The van der Waals surface area contributed by atoms with Crippen molar-refractivity contribution in [1.29, 1.82) is 0 Å². The lowest BCUT2D eigenvalue weighted by molar-refractivity contribution is 0.0612. The van der Waals surface area contributed by atoms with Gasteiger partial charge in [-0.15, -0.1) is 0 Å². The molecule has 1 saturated heterocycles. The second-order valence-electron chi connectivity index (χ2n) is 3.90. The zero-order valence-electron chi connectivity index (χ0n) is 8.67. The maximum Gasteiger partial charge on any atom is 0.280 e. The number of imidazole rings is 1. The smallest absolute Gasteiger partial charge is 0.280 e. The van der Waals surface area contributed by atoms with Crippen molar-refractivity contribution in [2.45, 2.75) is 24.4 Å². The minimum atomic E-state index is -3.71. The highest BCUT2D eigenvalue weighted by Gasteiger charge is 2.17. The van der Waals surface area contributed by atoms with E-state index in [1.165, 1.54) is 12.5 Å². The van der Waals surface area contributed by atoms with Gasteiger partial charge in [-0.1, -0.05) is 0 Å². The molecule has 7 heteroatoms. The van der Waals surface area contributed by atoms with Crippen molar-refractivity contribution in [2.24, 2.45) is 5.92 Å². The second kappa shape index (κ2) is 4.73. The van der Waals surface area contributed by atoms with Crippen LogP contribution in [0.3, 0.4) is 0 Å². The first kappa shape index (κ1) is 11.9. The normalized spacial score (nSPS) is 18.8. The van der Waals surface area contributed by atoms with E-state index < -0.39 is 9.05 Å². The van der Waals surface area contributed by atoms with E-state index in [4.69, 9.17) is 15.4 Å². The molecule has 1 fully saturated rings. The van der Waals surface area contributed by atoms with E-state index in [0.29, 0.717) is 5.92 Å². The highest BCUT2D eigenvalue weighted by molar-refractivity contribution is 8.13. The Bertz CT molecular complexity index is 451. The summed E-state index contributed by atoms with van der Waals surface area (Å²) in [6, 6.07) is 0. The molecule has 0 N–H and O–H groups in total. The molecule has 2 rings (SSSR count). The molecule has 1 aromatic heterocycles. The Morgan fingerprint density at radius 3 is 2.75 bits per heavy atom. The lowest BCUT2D eigenvalue weighted by atomic mass is 10.0. The number of nitrogens with zero attached hydrogens (tertiary/aromatic N) is 2. The molecule has 5 nitrogen and oxygen atoms in total. The molecule has 0 atom stereocenters. The fraction of sp³-hybridized carbons (Fsp3) is 0.667. The van der Waals surface area contributed by atoms with E-state index in [9.17, 15) is 8.42 Å². The number of ether oxygens (including phenoxy) is 1. The molecule has 2 heterocycles. The molecule has 0 bridgehead atoms. The quantitative estimate of drug-likeness (QED) is 0.771. The van der Waals surface area contributed by atoms with Crippen LogP contribution in [0.25, 0.3) is 0 Å². The molecule has 1 aliphatic rings. The first-order valence-corrected chi connectivity index (χ1v) is 7.41. The fourth-order valence-corrected chi connectivity index (χ4v) is 2.47. The van der Waals surface area contributed by atoms with Gasteiger partial charge >= 0.3 is 0 Å². The summed E-state index contributed by atoms with van der Waals surface area (Å²) in [5.74, 6) is 0.522. The standard InChI is InChI=1S/C9H13ClN2O3S/c10-16(13,14)9-6-12(7-11-9)5-8-1-3-15-4-2-8/h6-8H,1-5H2. The maximum atomic E-state index is 11.0. The zero-order valence-corrected chi connectivity index (χ0v) is 10.2. The number of hydrogen-bond acceptors (Lipinski definition) is 4. The van der Waals surface area contributed by atoms with Crippen LogP contribution in [0, 0.1) is 5.92 Å². The van der Waals surface area contributed by atoms with Gasteiger partial charge in [-0.3, -0.25) is 0 Å². The number of rotatable bonds is 3. The molecule has 1 aromatic rings. The van der Waals surface area contributed by atoms with Gasteiger partial charge in [0.15, 0.2) is 5.03 Å². The lowest BCUT2D eigenvalue weighted by Gasteiger charge is -2.21. The first-order chi connectivity index (χ1) is 7.55. The van der Waals surface area contributed by atoms with Crippen molar-refractivity contribution in [3.8, 4) is 0 Å². The van der Waals surface area contributed by atoms with Crippen LogP contribution in [0.1, 0.15) is 12.8 Å². The van der Waals surface area contributed by atoms with Crippen molar-refractivity contribution in [2.75, 3.05) is 13.2 Å². The highest BCUT2D eigenvalue weighted by atomic mass is 35.7.